The zero-order valence-corrected chi connectivity index (χ0v) is 9.82. The summed E-state index contributed by atoms with van der Waals surface area (Å²) in [5.41, 5.74) is 1.58. The van der Waals surface area contributed by atoms with Crippen LogP contribution in [-0.2, 0) is 0 Å². The Labute approximate surface area is 103 Å². The first-order valence-electron chi connectivity index (χ1n) is 5.74. The van der Waals surface area contributed by atoms with E-state index >= 15 is 0 Å². The van der Waals surface area contributed by atoms with Crippen LogP contribution in [0.3, 0.4) is 0 Å². The quantitative estimate of drug-likeness (QED) is 0.567. The van der Waals surface area contributed by atoms with Gasteiger partial charge in [0.25, 0.3) is 6.43 Å². The molecule has 3 rings (SSSR count). The number of fused-ring (bicyclic) bond motifs is 3. The van der Waals surface area contributed by atoms with E-state index in [1.165, 1.54) is 0 Å². The van der Waals surface area contributed by atoms with Crippen molar-refractivity contribution in [2.24, 2.45) is 0 Å². The molecule has 2 aromatic carbocycles. The van der Waals surface area contributed by atoms with Crippen molar-refractivity contribution in [1.29, 1.82) is 0 Å². The summed E-state index contributed by atoms with van der Waals surface area (Å²) < 4.78 is 26.1. The monoisotopic (exact) mass is 243 g/mol. The standard InChI is InChI=1S/C15H11F2N/c1-9-6-7-13-12(8-9)10-4-2-3-5-11(10)14(18-13)15(16)17/h2-8,15H,1H3. The summed E-state index contributed by atoms with van der Waals surface area (Å²) in [4.78, 5) is 4.09. The largest absolute Gasteiger partial charge is 0.280 e. The van der Waals surface area contributed by atoms with E-state index in [0.29, 0.717) is 10.9 Å². The molecule has 0 saturated carbocycles. The Morgan fingerprint density at radius 3 is 2.39 bits per heavy atom. The normalized spacial score (nSPS) is 11.6. The maximum atomic E-state index is 13.0. The lowest BCUT2D eigenvalue weighted by Crippen LogP contribution is -1.94. The highest BCUT2D eigenvalue weighted by Gasteiger charge is 2.15. The third kappa shape index (κ3) is 1.63. The molecule has 3 heteroatoms. The van der Waals surface area contributed by atoms with E-state index in [-0.39, 0.29) is 5.69 Å². The molecule has 0 amide bonds. The van der Waals surface area contributed by atoms with E-state index < -0.39 is 6.43 Å². The van der Waals surface area contributed by atoms with Gasteiger partial charge in [-0.05, 0) is 24.4 Å². The summed E-state index contributed by atoms with van der Waals surface area (Å²) in [7, 11) is 0. The van der Waals surface area contributed by atoms with Crippen molar-refractivity contribution in [3.8, 4) is 0 Å². The molecule has 0 N–H and O–H groups in total. The van der Waals surface area contributed by atoms with E-state index in [2.05, 4.69) is 4.98 Å². The highest BCUT2D eigenvalue weighted by molar-refractivity contribution is 6.06. The lowest BCUT2D eigenvalue weighted by Gasteiger charge is -2.09. The Morgan fingerprint density at radius 2 is 1.67 bits per heavy atom. The number of hydrogen-bond acceptors (Lipinski definition) is 1. The minimum atomic E-state index is -2.55. The second-order valence-corrected chi connectivity index (χ2v) is 4.36. The lowest BCUT2D eigenvalue weighted by molar-refractivity contribution is 0.148. The summed E-state index contributed by atoms with van der Waals surface area (Å²) in [5.74, 6) is 0. The molecule has 0 unspecified atom stereocenters. The fraction of sp³-hybridized carbons (Fsp3) is 0.133. The van der Waals surface area contributed by atoms with Crippen molar-refractivity contribution >= 4 is 21.7 Å². The van der Waals surface area contributed by atoms with Gasteiger partial charge in [-0.25, -0.2) is 13.8 Å². The van der Waals surface area contributed by atoms with Gasteiger partial charge in [0, 0.05) is 10.8 Å². The zero-order chi connectivity index (χ0) is 12.7. The molecule has 1 aromatic heterocycles. The fourth-order valence-electron chi connectivity index (χ4n) is 2.26. The van der Waals surface area contributed by atoms with Gasteiger partial charge in [-0.2, -0.15) is 0 Å². The molecule has 0 saturated heterocycles. The summed E-state index contributed by atoms with van der Waals surface area (Å²) in [6.45, 7) is 1.98. The van der Waals surface area contributed by atoms with Crippen molar-refractivity contribution in [3.05, 3.63) is 53.7 Å². The van der Waals surface area contributed by atoms with Gasteiger partial charge in [0.05, 0.1) is 5.52 Å². The molecular weight excluding hydrogens is 232 g/mol. The van der Waals surface area contributed by atoms with E-state index in [4.69, 9.17) is 0 Å². The predicted octanol–water partition coefficient (Wildman–Crippen LogP) is 4.63. The van der Waals surface area contributed by atoms with Gasteiger partial charge in [-0.15, -0.1) is 0 Å². The number of aromatic nitrogens is 1. The fourth-order valence-corrected chi connectivity index (χ4v) is 2.26. The Kier molecular flexibility index (Phi) is 2.47. The van der Waals surface area contributed by atoms with E-state index in [0.717, 1.165) is 16.3 Å². The van der Waals surface area contributed by atoms with Crippen LogP contribution in [-0.4, -0.2) is 4.98 Å². The van der Waals surface area contributed by atoms with Crippen molar-refractivity contribution in [3.63, 3.8) is 0 Å². The molecule has 0 fully saturated rings. The molecule has 0 radical (unpaired) electrons. The van der Waals surface area contributed by atoms with Gasteiger partial charge in [0.1, 0.15) is 5.69 Å². The Morgan fingerprint density at radius 1 is 0.944 bits per heavy atom. The molecule has 0 bridgehead atoms. The molecule has 0 atom stereocenters. The minimum Gasteiger partial charge on any atom is -0.246 e. The summed E-state index contributed by atoms with van der Waals surface area (Å²) in [6, 6.07) is 12.9. The molecule has 0 spiro atoms. The maximum absolute atomic E-state index is 13.0. The first-order valence-corrected chi connectivity index (χ1v) is 5.74. The van der Waals surface area contributed by atoms with Gasteiger partial charge in [-0.1, -0.05) is 35.9 Å². The Hall–Kier alpha value is -2.03. The van der Waals surface area contributed by atoms with Crippen LogP contribution in [0.15, 0.2) is 42.5 Å². The second-order valence-electron chi connectivity index (χ2n) is 4.36. The molecule has 3 aromatic rings. The van der Waals surface area contributed by atoms with E-state index in [1.807, 2.05) is 31.2 Å². The lowest BCUT2D eigenvalue weighted by atomic mass is 10.0. The van der Waals surface area contributed by atoms with Crippen LogP contribution in [0.25, 0.3) is 21.7 Å². The summed E-state index contributed by atoms with van der Waals surface area (Å²) >= 11 is 0. The number of pyridine rings is 1. The zero-order valence-electron chi connectivity index (χ0n) is 9.82. The second kappa shape index (κ2) is 4.02. The first-order chi connectivity index (χ1) is 8.66. The van der Waals surface area contributed by atoms with Crippen LogP contribution in [0, 0.1) is 6.92 Å². The molecule has 0 aliphatic heterocycles. The van der Waals surface area contributed by atoms with E-state index in [1.54, 1.807) is 18.2 Å². The number of rotatable bonds is 1. The highest BCUT2D eigenvalue weighted by Crippen LogP contribution is 2.31. The third-order valence-electron chi connectivity index (χ3n) is 3.09. The van der Waals surface area contributed by atoms with Crippen LogP contribution in [0.4, 0.5) is 8.78 Å². The average molecular weight is 243 g/mol. The minimum absolute atomic E-state index is 0.137. The SMILES string of the molecule is Cc1ccc2nc(C(F)F)c3ccccc3c2c1. The summed E-state index contributed by atoms with van der Waals surface area (Å²) in [6.07, 6.45) is -2.55. The molecule has 1 heterocycles. The average Bonchev–Trinajstić information content (AvgIpc) is 2.37. The number of hydrogen-bond donors (Lipinski definition) is 0. The molecule has 18 heavy (non-hydrogen) atoms. The third-order valence-corrected chi connectivity index (χ3v) is 3.09. The molecule has 0 aliphatic carbocycles. The van der Waals surface area contributed by atoms with Gasteiger partial charge in [0.15, 0.2) is 0 Å². The first kappa shape index (κ1) is 11.1. The Bertz CT molecular complexity index is 735. The van der Waals surface area contributed by atoms with E-state index in [9.17, 15) is 8.78 Å². The highest BCUT2D eigenvalue weighted by atomic mass is 19.3. The van der Waals surface area contributed by atoms with Crippen LogP contribution < -0.4 is 0 Å². The van der Waals surface area contributed by atoms with Crippen molar-refractivity contribution in [2.45, 2.75) is 13.3 Å². The summed E-state index contributed by atoms with van der Waals surface area (Å²) in [5, 5.41) is 2.29. The molecule has 90 valence electrons. The smallest absolute Gasteiger partial charge is 0.246 e. The number of aryl methyl sites for hydroxylation is 1. The van der Waals surface area contributed by atoms with Crippen LogP contribution in [0.5, 0.6) is 0 Å². The molecular formula is C15H11F2N. The number of alkyl halides is 2. The van der Waals surface area contributed by atoms with Crippen molar-refractivity contribution in [1.82, 2.24) is 4.98 Å². The Balaban J connectivity index is 2.53. The number of nitrogens with zero attached hydrogens (tertiary/aromatic N) is 1. The molecule has 1 nitrogen and oxygen atoms in total. The van der Waals surface area contributed by atoms with Crippen LogP contribution in [0.1, 0.15) is 17.7 Å². The van der Waals surface area contributed by atoms with Crippen LogP contribution >= 0.6 is 0 Å². The van der Waals surface area contributed by atoms with Crippen molar-refractivity contribution in [2.75, 3.05) is 0 Å². The number of halogens is 2. The van der Waals surface area contributed by atoms with Crippen molar-refractivity contribution < 1.29 is 8.78 Å². The number of benzene rings is 2. The van der Waals surface area contributed by atoms with Gasteiger partial charge in [-0.3, -0.25) is 0 Å². The van der Waals surface area contributed by atoms with Gasteiger partial charge in [0.2, 0.25) is 0 Å². The predicted molar refractivity (Wildman–Crippen MR) is 68.9 cm³/mol. The van der Waals surface area contributed by atoms with Gasteiger partial charge >= 0.3 is 0 Å². The maximum Gasteiger partial charge on any atom is 0.280 e. The van der Waals surface area contributed by atoms with Crippen LogP contribution in [0.2, 0.25) is 0 Å². The topological polar surface area (TPSA) is 12.9 Å². The van der Waals surface area contributed by atoms with Gasteiger partial charge < -0.3 is 0 Å². The molecule has 0 aliphatic rings.